The summed E-state index contributed by atoms with van der Waals surface area (Å²) in [5.41, 5.74) is 2.95. The Morgan fingerprint density at radius 2 is 1.90 bits per heavy atom. The van der Waals surface area contributed by atoms with Gasteiger partial charge in [0.25, 0.3) is 0 Å². The highest BCUT2D eigenvalue weighted by molar-refractivity contribution is 5.94. The number of primary amides is 1. The molecule has 1 fully saturated rings. The monoisotopic (exact) mass is 678 g/mol. The van der Waals surface area contributed by atoms with Crippen molar-refractivity contribution in [2.75, 3.05) is 19.8 Å². The molecule has 0 radical (unpaired) electrons. The Hall–Kier alpha value is -4.23. The minimum atomic E-state index is -4.85. The molecule has 4 rings (SSSR count). The number of carbonyl (C=O) groups is 3. The van der Waals surface area contributed by atoms with E-state index in [4.69, 9.17) is 24.7 Å². The number of nitrogens with two attached hydrogens (primary N) is 1. The number of carbonyl (C=O) groups excluding carboxylic acids is 3. The van der Waals surface area contributed by atoms with Gasteiger partial charge in [0.15, 0.2) is 11.5 Å². The number of alkyl carbamates (subject to hydrolysis) is 1. The van der Waals surface area contributed by atoms with E-state index in [0.717, 1.165) is 26.7 Å². The molecular weight excluding hydrogens is 633 g/mol. The molecule has 1 saturated heterocycles. The van der Waals surface area contributed by atoms with Gasteiger partial charge >= 0.3 is 12.3 Å². The van der Waals surface area contributed by atoms with E-state index in [-0.39, 0.29) is 24.8 Å². The van der Waals surface area contributed by atoms with Crippen molar-refractivity contribution in [1.29, 1.82) is 0 Å². The van der Waals surface area contributed by atoms with Gasteiger partial charge in [0.05, 0.1) is 6.54 Å². The summed E-state index contributed by atoms with van der Waals surface area (Å²) in [5, 5.41) is 3.78. The summed E-state index contributed by atoms with van der Waals surface area (Å²) in [5.74, 6) is -0.414. The van der Waals surface area contributed by atoms with E-state index >= 15 is 0 Å². The summed E-state index contributed by atoms with van der Waals surface area (Å²) in [6.45, 7) is 7.94. The average Bonchev–Trinajstić information content (AvgIpc) is 3.46. The first-order chi connectivity index (χ1) is 22.7. The molecule has 0 bridgehead atoms. The number of likely N-dealkylation sites (tertiary alicyclic amines) is 1. The standard InChI is InChI=1S/C34H45F3N4O7/c1-6-8-9-10-20(3)17-21(7-2)27(40-32(44)48-33(4,5)34(35,36)37)31(43)41-19-22(18-25(41)29(38)42)47-30-24-11-12-26-28(46-16-15-45-26)23(24)13-14-39-30/h6,8,11-14,20-22,25,27H,7,9-10,15-19H2,1-5H3,(H2,38,42)(H,40,44)/b8-6-/t20-,21+,22+,25-,27?/m0/s1. The fourth-order valence-electron chi connectivity index (χ4n) is 6.11. The first-order valence-corrected chi connectivity index (χ1v) is 16.3. The maximum Gasteiger partial charge on any atom is 0.427 e. The second-order valence-corrected chi connectivity index (χ2v) is 12.9. The van der Waals surface area contributed by atoms with Crippen LogP contribution >= 0.6 is 0 Å². The van der Waals surface area contributed by atoms with Crippen LogP contribution in [0.3, 0.4) is 0 Å². The number of pyridine rings is 1. The van der Waals surface area contributed by atoms with Crippen LogP contribution in [0, 0.1) is 11.8 Å². The van der Waals surface area contributed by atoms with Crippen molar-refractivity contribution < 1.29 is 46.5 Å². The smallest absolute Gasteiger partial charge is 0.427 e. The third-order valence-electron chi connectivity index (χ3n) is 8.90. The lowest BCUT2D eigenvalue weighted by Gasteiger charge is -2.34. The minimum absolute atomic E-state index is 0.0402. The number of hydrogen-bond donors (Lipinski definition) is 2. The quantitative estimate of drug-likeness (QED) is 0.258. The average molecular weight is 679 g/mol. The predicted molar refractivity (Wildman–Crippen MR) is 172 cm³/mol. The number of halogens is 3. The zero-order valence-electron chi connectivity index (χ0n) is 28.0. The van der Waals surface area contributed by atoms with Crippen LogP contribution in [0.15, 0.2) is 36.5 Å². The summed E-state index contributed by atoms with van der Waals surface area (Å²) >= 11 is 0. The van der Waals surface area contributed by atoms with E-state index in [1.54, 1.807) is 24.4 Å². The van der Waals surface area contributed by atoms with E-state index in [9.17, 15) is 27.6 Å². The van der Waals surface area contributed by atoms with Crippen molar-refractivity contribution in [2.24, 2.45) is 17.6 Å². The molecule has 3 N–H and O–H groups in total. The molecule has 1 aromatic heterocycles. The number of aromatic nitrogens is 1. The molecule has 1 unspecified atom stereocenters. The van der Waals surface area contributed by atoms with Crippen molar-refractivity contribution in [3.63, 3.8) is 0 Å². The number of amides is 3. The van der Waals surface area contributed by atoms with E-state index in [2.05, 4.69) is 10.3 Å². The number of benzene rings is 1. The van der Waals surface area contributed by atoms with Gasteiger partial charge in [-0.15, -0.1) is 0 Å². The molecule has 2 aliphatic rings. The summed E-state index contributed by atoms with van der Waals surface area (Å²) in [4.78, 5) is 45.5. The van der Waals surface area contributed by atoms with E-state index in [1.165, 1.54) is 4.90 Å². The highest BCUT2D eigenvalue weighted by atomic mass is 19.4. The highest BCUT2D eigenvalue weighted by Crippen LogP contribution is 2.40. The number of nitrogens with one attached hydrogen (secondary N) is 1. The Bertz CT molecular complexity index is 1500. The Balaban J connectivity index is 1.60. The lowest BCUT2D eigenvalue weighted by atomic mass is 9.85. The molecule has 48 heavy (non-hydrogen) atoms. The Morgan fingerprint density at radius 1 is 1.17 bits per heavy atom. The number of hydrogen-bond acceptors (Lipinski definition) is 8. The van der Waals surface area contributed by atoms with Crippen molar-refractivity contribution >= 4 is 28.7 Å². The minimum Gasteiger partial charge on any atom is -0.486 e. The lowest BCUT2D eigenvalue weighted by Crippen LogP contribution is -2.57. The van der Waals surface area contributed by atoms with E-state index in [0.29, 0.717) is 48.3 Å². The summed E-state index contributed by atoms with van der Waals surface area (Å²) < 4.78 is 63.2. The number of fused-ring (bicyclic) bond motifs is 3. The molecule has 0 saturated carbocycles. The number of allylic oxidation sites excluding steroid dienone is 2. The van der Waals surface area contributed by atoms with Crippen LogP contribution in [0.1, 0.15) is 66.7 Å². The van der Waals surface area contributed by atoms with Crippen molar-refractivity contribution in [1.82, 2.24) is 15.2 Å². The SMILES string of the molecule is C/C=C\CC[C@H](C)C[C@@H](CC)C(NC(=O)OC(C)(C)C(F)(F)F)C(=O)N1C[C@H](Oc2nccc3c4c(ccc23)OCCO4)C[C@H]1C(N)=O. The Morgan fingerprint density at radius 3 is 2.56 bits per heavy atom. The zero-order chi connectivity index (χ0) is 35.2. The van der Waals surface area contributed by atoms with Gasteiger partial charge in [-0.1, -0.05) is 32.4 Å². The van der Waals surface area contributed by atoms with Gasteiger partial charge in [-0.3, -0.25) is 9.59 Å². The van der Waals surface area contributed by atoms with Crippen LogP contribution in [0.5, 0.6) is 17.4 Å². The van der Waals surface area contributed by atoms with Gasteiger partial charge < -0.3 is 34.9 Å². The molecule has 0 spiro atoms. The molecule has 1 aromatic carbocycles. The number of alkyl halides is 3. The van der Waals surface area contributed by atoms with Crippen LogP contribution < -0.4 is 25.3 Å². The molecule has 3 amide bonds. The van der Waals surface area contributed by atoms with Crippen molar-refractivity contribution in [2.45, 2.75) is 96.7 Å². The predicted octanol–water partition coefficient (Wildman–Crippen LogP) is 5.68. The van der Waals surface area contributed by atoms with E-state index in [1.807, 2.05) is 32.9 Å². The molecule has 2 aromatic rings. The Labute approximate surface area is 278 Å². The van der Waals surface area contributed by atoms with Gasteiger partial charge in [0, 0.05) is 23.4 Å². The highest BCUT2D eigenvalue weighted by Gasteiger charge is 2.51. The zero-order valence-corrected chi connectivity index (χ0v) is 28.0. The third-order valence-corrected chi connectivity index (χ3v) is 8.90. The van der Waals surface area contributed by atoms with Crippen LogP contribution in [-0.2, 0) is 14.3 Å². The first kappa shape index (κ1) is 36.6. The van der Waals surface area contributed by atoms with Gasteiger partial charge in [0.1, 0.15) is 31.4 Å². The van der Waals surface area contributed by atoms with Crippen LogP contribution in [0.25, 0.3) is 10.8 Å². The molecule has 3 heterocycles. The van der Waals surface area contributed by atoms with Crippen molar-refractivity contribution in [3.05, 3.63) is 36.5 Å². The largest absolute Gasteiger partial charge is 0.486 e. The van der Waals surface area contributed by atoms with Gasteiger partial charge in [-0.2, -0.15) is 13.2 Å². The topological polar surface area (TPSA) is 142 Å². The second-order valence-electron chi connectivity index (χ2n) is 12.9. The summed E-state index contributed by atoms with van der Waals surface area (Å²) in [7, 11) is 0. The lowest BCUT2D eigenvalue weighted by molar-refractivity contribution is -0.244. The third kappa shape index (κ3) is 8.43. The van der Waals surface area contributed by atoms with Crippen LogP contribution in [-0.4, -0.2) is 77.5 Å². The number of ether oxygens (including phenoxy) is 4. The van der Waals surface area contributed by atoms with Gasteiger partial charge in [0.2, 0.25) is 23.3 Å². The molecule has 2 aliphatic heterocycles. The molecule has 0 aliphatic carbocycles. The Kier molecular flexibility index (Phi) is 11.7. The molecule has 11 nitrogen and oxygen atoms in total. The van der Waals surface area contributed by atoms with E-state index < -0.39 is 53.8 Å². The molecule has 14 heteroatoms. The fraction of sp³-hybridized carbons (Fsp3) is 0.588. The molecular formula is C34H45F3N4O7. The molecule has 264 valence electrons. The maximum atomic E-state index is 14.3. The van der Waals surface area contributed by atoms with Crippen LogP contribution in [0.2, 0.25) is 0 Å². The normalized spacial score (nSPS) is 20.0. The summed E-state index contributed by atoms with van der Waals surface area (Å²) in [6.07, 6.45) is 1.11. The summed E-state index contributed by atoms with van der Waals surface area (Å²) in [6, 6.07) is 2.91. The number of nitrogens with zero attached hydrogens (tertiary/aromatic N) is 2. The fourth-order valence-corrected chi connectivity index (χ4v) is 6.11. The van der Waals surface area contributed by atoms with Gasteiger partial charge in [-0.05, 0) is 70.1 Å². The second kappa shape index (κ2) is 15.3. The number of rotatable bonds is 13. The van der Waals surface area contributed by atoms with Crippen molar-refractivity contribution in [3.8, 4) is 17.4 Å². The molecule has 5 atom stereocenters. The first-order valence-electron chi connectivity index (χ1n) is 16.3. The van der Waals surface area contributed by atoms with Crippen LogP contribution in [0.4, 0.5) is 18.0 Å². The van der Waals surface area contributed by atoms with Gasteiger partial charge in [-0.25, -0.2) is 9.78 Å². The maximum absolute atomic E-state index is 14.3.